The molecule has 0 unspecified atom stereocenters. The van der Waals surface area contributed by atoms with E-state index in [0.29, 0.717) is 12.5 Å². The Morgan fingerprint density at radius 1 is 1.12 bits per heavy atom. The van der Waals surface area contributed by atoms with Crippen LogP contribution in [0.1, 0.15) is 46.5 Å². The molecule has 1 aliphatic carbocycles. The van der Waals surface area contributed by atoms with Gasteiger partial charge in [0.25, 0.3) is 5.91 Å². The number of carboxylic acids is 1. The third-order valence-electron chi connectivity index (χ3n) is 4.65. The van der Waals surface area contributed by atoms with Crippen LogP contribution in [0, 0.1) is 17.8 Å². The Hall–Kier alpha value is -1.34. The maximum Gasteiger partial charge on any atom is 0.325 e. The van der Waals surface area contributed by atoms with E-state index in [0.717, 1.165) is 25.7 Å². The summed E-state index contributed by atoms with van der Waals surface area (Å²) in [5.74, 6) is -0.761. The molecule has 1 rings (SSSR count). The highest BCUT2D eigenvalue weighted by atomic mass is 35.5. The van der Waals surface area contributed by atoms with Gasteiger partial charge in [-0.2, -0.15) is 0 Å². The second-order valence-electron chi connectivity index (χ2n) is 6.88. The largest absolute Gasteiger partial charge is 1.00 e. The first kappa shape index (κ1) is 22.7. The van der Waals surface area contributed by atoms with Gasteiger partial charge in [0.1, 0.15) is 6.04 Å². The molecule has 2 atom stereocenters. The van der Waals surface area contributed by atoms with Crippen molar-refractivity contribution in [2.24, 2.45) is 17.8 Å². The number of halogens is 1. The molecule has 0 aromatic rings. The third kappa shape index (κ3) is 7.05. The van der Waals surface area contributed by atoms with Gasteiger partial charge in [-0.15, -0.1) is 0 Å². The highest BCUT2D eigenvalue weighted by Gasteiger charge is 2.29. The first-order valence-corrected chi connectivity index (χ1v) is 8.36. The summed E-state index contributed by atoms with van der Waals surface area (Å²) in [6.07, 6.45) is 3.19. The molecule has 6 N–H and O–H groups in total. The van der Waals surface area contributed by atoms with E-state index in [2.05, 4.69) is 16.4 Å². The lowest BCUT2D eigenvalue weighted by Gasteiger charge is -2.28. The normalized spacial score (nSPS) is 22.9. The standard InChI is InChI=1S/C16H29N3O4.ClH/c1-9(2)13(17)15(21)18-8-11-4-6-12(7-5-11)14(20)19-10(3)16(22)23;/h9-13H,4-8,17H2,1-3H3,(H,18,21)(H,19,20)(H,22,23);1H/t10-,11?,12?,13+;/m0./s1. The molecule has 0 bridgehead atoms. The van der Waals surface area contributed by atoms with Gasteiger partial charge in [-0.1, -0.05) is 13.8 Å². The Bertz CT molecular complexity index is 437. The highest BCUT2D eigenvalue weighted by Crippen LogP contribution is 2.28. The number of hydrogen-bond donors (Lipinski definition) is 4. The summed E-state index contributed by atoms with van der Waals surface area (Å²) in [7, 11) is 0. The van der Waals surface area contributed by atoms with Crippen LogP contribution in [-0.2, 0) is 14.4 Å². The molecule has 0 radical (unpaired) electrons. The minimum absolute atomic E-state index is 0. The van der Waals surface area contributed by atoms with Gasteiger partial charge in [0.15, 0.2) is 6.04 Å². The van der Waals surface area contributed by atoms with Crippen molar-refractivity contribution in [3.8, 4) is 0 Å². The SMILES string of the molecule is CC(C)[C@@H]([NH3+])C(=O)NCC1CCC(C(=O)N[C@@H](C)C(=O)O)CC1.[Cl-]. The number of hydrogen-bond acceptors (Lipinski definition) is 3. The van der Waals surface area contributed by atoms with Crippen LogP contribution in [0.15, 0.2) is 0 Å². The van der Waals surface area contributed by atoms with Gasteiger partial charge in [-0.25, -0.2) is 0 Å². The zero-order chi connectivity index (χ0) is 17.6. The summed E-state index contributed by atoms with van der Waals surface area (Å²) in [5.41, 5.74) is 3.87. The molecule has 24 heavy (non-hydrogen) atoms. The van der Waals surface area contributed by atoms with E-state index >= 15 is 0 Å². The zero-order valence-electron chi connectivity index (χ0n) is 14.7. The summed E-state index contributed by atoms with van der Waals surface area (Å²) in [5, 5.41) is 14.3. The summed E-state index contributed by atoms with van der Waals surface area (Å²) in [6, 6.07) is -1.10. The van der Waals surface area contributed by atoms with E-state index in [1.165, 1.54) is 6.92 Å². The highest BCUT2D eigenvalue weighted by molar-refractivity contribution is 5.84. The number of quaternary nitrogens is 1. The number of carbonyl (C=O) groups is 3. The van der Waals surface area contributed by atoms with Crippen molar-refractivity contribution in [3.05, 3.63) is 0 Å². The van der Waals surface area contributed by atoms with Crippen LogP contribution in [-0.4, -0.2) is 41.5 Å². The van der Waals surface area contributed by atoms with Crippen molar-refractivity contribution in [1.82, 2.24) is 10.6 Å². The molecular weight excluding hydrogens is 334 g/mol. The average Bonchev–Trinajstić information content (AvgIpc) is 2.51. The Morgan fingerprint density at radius 2 is 1.67 bits per heavy atom. The van der Waals surface area contributed by atoms with Crippen molar-refractivity contribution in [2.75, 3.05) is 6.54 Å². The molecule has 0 aromatic heterocycles. The first-order chi connectivity index (χ1) is 10.7. The smallest absolute Gasteiger partial charge is 0.325 e. The van der Waals surface area contributed by atoms with Crippen LogP contribution in [0.25, 0.3) is 0 Å². The molecule has 0 aliphatic heterocycles. The Labute approximate surface area is 149 Å². The number of carboxylic acid groups (broad SMARTS) is 1. The van der Waals surface area contributed by atoms with E-state index < -0.39 is 12.0 Å². The Morgan fingerprint density at radius 3 is 2.12 bits per heavy atom. The lowest BCUT2D eigenvalue weighted by molar-refractivity contribution is -0.414. The molecule has 0 aromatic carbocycles. The van der Waals surface area contributed by atoms with Gasteiger partial charge in [-0.05, 0) is 38.5 Å². The fraction of sp³-hybridized carbons (Fsp3) is 0.812. The molecule has 1 aliphatic rings. The van der Waals surface area contributed by atoms with Crippen molar-refractivity contribution < 1.29 is 37.6 Å². The second kappa shape index (κ2) is 10.5. The summed E-state index contributed by atoms with van der Waals surface area (Å²) >= 11 is 0. The first-order valence-electron chi connectivity index (χ1n) is 8.36. The number of nitrogens with one attached hydrogen (secondary N) is 2. The van der Waals surface area contributed by atoms with Crippen LogP contribution in [0.4, 0.5) is 0 Å². The van der Waals surface area contributed by atoms with E-state index in [1.807, 2.05) is 13.8 Å². The molecule has 0 saturated heterocycles. The molecule has 1 fully saturated rings. The van der Waals surface area contributed by atoms with Crippen LogP contribution in [0.2, 0.25) is 0 Å². The van der Waals surface area contributed by atoms with Gasteiger partial charge >= 0.3 is 5.97 Å². The van der Waals surface area contributed by atoms with Crippen molar-refractivity contribution in [3.63, 3.8) is 0 Å². The minimum atomic E-state index is -1.03. The van der Waals surface area contributed by atoms with Crippen LogP contribution in [0.5, 0.6) is 0 Å². The van der Waals surface area contributed by atoms with E-state index in [4.69, 9.17) is 5.11 Å². The second-order valence-corrected chi connectivity index (χ2v) is 6.88. The van der Waals surface area contributed by atoms with E-state index in [-0.39, 0.29) is 42.1 Å². The van der Waals surface area contributed by atoms with E-state index in [1.54, 1.807) is 0 Å². The molecule has 140 valence electrons. The van der Waals surface area contributed by atoms with E-state index in [9.17, 15) is 14.4 Å². The predicted molar refractivity (Wildman–Crippen MR) is 85.2 cm³/mol. The molecular formula is C16H30ClN3O4. The molecule has 1 saturated carbocycles. The average molecular weight is 364 g/mol. The topological polar surface area (TPSA) is 123 Å². The van der Waals surface area contributed by atoms with Gasteiger partial charge in [0, 0.05) is 18.4 Å². The summed E-state index contributed by atoms with van der Waals surface area (Å²) in [4.78, 5) is 34.7. The van der Waals surface area contributed by atoms with Crippen molar-refractivity contribution in [2.45, 2.75) is 58.5 Å². The predicted octanol–water partition coefficient (Wildman–Crippen LogP) is -3.23. The minimum Gasteiger partial charge on any atom is -1.00 e. The van der Waals surface area contributed by atoms with Crippen molar-refractivity contribution >= 4 is 17.8 Å². The molecule has 0 spiro atoms. The Balaban J connectivity index is 0.00000529. The van der Waals surface area contributed by atoms with Crippen LogP contribution < -0.4 is 28.8 Å². The monoisotopic (exact) mass is 363 g/mol. The van der Waals surface area contributed by atoms with Crippen molar-refractivity contribution in [1.29, 1.82) is 0 Å². The Kier molecular flexibility index (Phi) is 9.92. The van der Waals surface area contributed by atoms with Crippen LogP contribution in [0.3, 0.4) is 0 Å². The van der Waals surface area contributed by atoms with Gasteiger partial charge in [-0.3, -0.25) is 14.4 Å². The van der Waals surface area contributed by atoms with Gasteiger partial charge in [0.2, 0.25) is 5.91 Å². The number of rotatable bonds is 7. The number of amides is 2. The van der Waals surface area contributed by atoms with Gasteiger partial charge < -0.3 is 33.9 Å². The maximum atomic E-state index is 12.0. The fourth-order valence-corrected chi connectivity index (χ4v) is 2.70. The quantitative estimate of drug-likeness (QED) is 0.379. The molecule has 0 heterocycles. The van der Waals surface area contributed by atoms with Crippen LogP contribution >= 0.6 is 0 Å². The number of aliphatic carboxylic acids is 1. The summed E-state index contributed by atoms with van der Waals surface area (Å²) in [6.45, 7) is 6.03. The molecule has 7 nitrogen and oxygen atoms in total. The van der Waals surface area contributed by atoms with Gasteiger partial charge in [0.05, 0.1) is 0 Å². The summed E-state index contributed by atoms with van der Waals surface area (Å²) < 4.78 is 0. The lowest BCUT2D eigenvalue weighted by Crippen LogP contribution is -3.00. The lowest BCUT2D eigenvalue weighted by atomic mass is 9.81. The number of carbonyl (C=O) groups excluding carboxylic acids is 2. The third-order valence-corrected chi connectivity index (χ3v) is 4.65. The molecule has 8 heteroatoms. The zero-order valence-corrected chi connectivity index (χ0v) is 15.4. The maximum absolute atomic E-state index is 12.0. The fourth-order valence-electron chi connectivity index (χ4n) is 2.70. The molecule has 2 amide bonds.